The second-order valence-electron chi connectivity index (χ2n) is 5.67. The molecule has 30 heavy (non-hydrogen) atoms. The van der Waals surface area contributed by atoms with Crippen LogP contribution in [0.4, 0.5) is 26.3 Å². The zero-order valence-electron chi connectivity index (χ0n) is 14.2. The number of ether oxygens (including phenoxy) is 1. The van der Waals surface area contributed by atoms with Gasteiger partial charge in [-0.3, -0.25) is 9.78 Å². The minimum Gasteiger partial charge on any atom is -0.449 e. The predicted molar refractivity (Wildman–Crippen MR) is 97.3 cm³/mol. The Morgan fingerprint density at radius 1 is 1.07 bits per heavy atom. The highest BCUT2D eigenvalue weighted by atomic mass is 79.9. The number of alkyl halides is 6. The maximum atomic E-state index is 13.5. The van der Waals surface area contributed by atoms with Crippen molar-refractivity contribution in [3.8, 4) is 23.0 Å². The molecule has 2 heterocycles. The molecule has 0 bridgehead atoms. The van der Waals surface area contributed by atoms with E-state index in [2.05, 4.69) is 30.9 Å². The smallest absolute Gasteiger partial charge is 0.437 e. The Morgan fingerprint density at radius 3 is 2.37 bits per heavy atom. The Hall–Kier alpha value is -2.60. The fourth-order valence-electron chi connectivity index (χ4n) is 2.32. The zero-order valence-corrected chi connectivity index (χ0v) is 16.5. The van der Waals surface area contributed by atoms with E-state index in [0.29, 0.717) is 6.07 Å². The summed E-state index contributed by atoms with van der Waals surface area (Å²) in [6, 6.07) is 5.01. The van der Waals surface area contributed by atoms with E-state index in [1.54, 1.807) is 0 Å². The van der Waals surface area contributed by atoms with Crippen LogP contribution in [0, 0.1) is 0 Å². The average molecular weight is 515 g/mol. The summed E-state index contributed by atoms with van der Waals surface area (Å²) in [5.41, 5.74) is -4.53. The minimum absolute atomic E-state index is 0.0856. The molecule has 0 aliphatic rings. The topological polar surface area (TPSA) is 67.9 Å². The number of benzene rings is 1. The van der Waals surface area contributed by atoms with Crippen molar-refractivity contribution < 1.29 is 31.1 Å². The standard InChI is InChI=1S/C17H7BrClF6N3O2/c18-9-2-1-5-26-11(9)14-27-13(17(23,24)25)12(15(29)28-14)30-7-3-4-10(19)8(6-7)16(20,21)22/h1-6H,(H,27,28,29). The first-order valence-corrected chi connectivity index (χ1v) is 8.92. The molecule has 1 aromatic carbocycles. The lowest BCUT2D eigenvalue weighted by molar-refractivity contribution is -0.142. The Balaban J connectivity index is 2.15. The molecule has 0 saturated carbocycles. The average Bonchev–Trinajstić information content (AvgIpc) is 2.63. The van der Waals surface area contributed by atoms with E-state index in [1.165, 1.54) is 18.3 Å². The lowest BCUT2D eigenvalue weighted by Crippen LogP contribution is -2.21. The van der Waals surface area contributed by atoms with Gasteiger partial charge in [0.25, 0.3) is 5.56 Å². The van der Waals surface area contributed by atoms with Crippen LogP contribution in [-0.2, 0) is 12.4 Å². The molecule has 0 saturated heterocycles. The van der Waals surface area contributed by atoms with E-state index in [9.17, 15) is 31.1 Å². The molecule has 0 spiro atoms. The van der Waals surface area contributed by atoms with Gasteiger partial charge in [0.15, 0.2) is 11.5 Å². The summed E-state index contributed by atoms with van der Waals surface area (Å²) in [6.07, 6.45) is -8.77. The highest BCUT2D eigenvalue weighted by Gasteiger charge is 2.40. The lowest BCUT2D eigenvalue weighted by atomic mass is 10.2. The molecule has 0 aliphatic carbocycles. The van der Waals surface area contributed by atoms with Crippen molar-refractivity contribution in [1.29, 1.82) is 0 Å². The number of pyridine rings is 1. The summed E-state index contributed by atoms with van der Waals surface area (Å²) >= 11 is 8.56. The third-order valence-corrected chi connectivity index (χ3v) is 4.56. The van der Waals surface area contributed by atoms with Gasteiger partial charge in [0, 0.05) is 10.7 Å². The molecule has 3 aromatic rings. The van der Waals surface area contributed by atoms with Gasteiger partial charge < -0.3 is 9.72 Å². The molecule has 0 fully saturated rings. The van der Waals surface area contributed by atoms with Crippen LogP contribution in [0.1, 0.15) is 11.3 Å². The number of H-pyrrole nitrogens is 1. The maximum absolute atomic E-state index is 13.5. The normalized spacial score (nSPS) is 12.1. The molecular formula is C17H7BrClF6N3O2. The Labute approximate surface area is 176 Å². The van der Waals surface area contributed by atoms with Gasteiger partial charge in [-0.15, -0.1) is 0 Å². The maximum Gasteiger partial charge on any atom is 0.437 e. The third-order valence-electron chi connectivity index (χ3n) is 3.59. The molecule has 2 aromatic heterocycles. The number of halogens is 8. The Morgan fingerprint density at radius 2 is 1.77 bits per heavy atom. The monoisotopic (exact) mass is 513 g/mol. The van der Waals surface area contributed by atoms with Crippen molar-refractivity contribution >= 4 is 27.5 Å². The number of aromatic nitrogens is 3. The van der Waals surface area contributed by atoms with E-state index in [1.807, 2.05) is 0 Å². The van der Waals surface area contributed by atoms with E-state index < -0.39 is 51.5 Å². The predicted octanol–water partition coefficient (Wildman–Crippen LogP) is 6.08. The van der Waals surface area contributed by atoms with Gasteiger partial charge in [-0.05, 0) is 46.3 Å². The second-order valence-corrected chi connectivity index (χ2v) is 6.93. The van der Waals surface area contributed by atoms with Gasteiger partial charge in [-0.25, -0.2) is 4.98 Å². The molecular weight excluding hydrogens is 508 g/mol. The Bertz CT molecular complexity index is 1160. The van der Waals surface area contributed by atoms with Crippen molar-refractivity contribution in [2.24, 2.45) is 0 Å². The zero-order chi connectivity index (χ0) is 22.3. The van der Waals surface area contributed by atoms with Crippen LogP contribution in [0.25, 0.3) is 11.5 Å². The van der Waals surface area contributed by atoms with Crippen LogP contribution in [-0.4, -0.2) is 15.0 Å². The van der Waals surface area contributed by atoms with E-state index in [4.69, 9.17) is 16.3 Å². The van der Waals surface area contributed by atoms with Crippen LogP contribution < -0.4 is 10.3 Å². The second kappa shape index (κ2) is 7.91. The lowest BCUT2D eigenvalue weighted by Gasteiger charge is -2.15. The largest absolute Gasteiger partial charge is 0.449 e. The number of nitrogens with one attached hydrogen (secondary N) is 1. The van der Waals surface area contributed by atoms with Crippen molar-refractivity contribution in [2.45, 2.75) is 12.4 Å². The van der Waals surface area contributed by atoms with Crippen molar-refractivity contribution in [3.05, 3.63) is 67.6 Å². The van der Waals surface area contributed by atoms with Crippen molar-refractivity contribution in [1.82, 2.24) is 15.0 Å². The van der Waals surface area contributed by atoms with Crippen LogP contribution in [0.15, 0.2) is 45.8 Å². The molecule has 0 atom stereocenters. The molecule has 0 aliphatic heterocycles. The van der Waals surface area contributed by atoms with Gasteiger partial charge >= 0.3 is 12.4 Å². The number of rotatable bonds is 3. The van der Waals surface area contributed by atoms with Gasteiger partial charge in [0.2, 0.25) is 5.75 Å². The van der Waals surface area contributed by atoms with Crippen LogP contribution >= 0.6 is 27.5 Å². The summed E-state index contributed by atoms with van der Waals surface area (Å²) in [4.78, 5) is 21.6. The van der Waals surface area contributed by atoms with Gasteiger partial charge in [0.05, 0.1) is 10.6 Å². The SMILES string of the molecule is O=c1[nH]c(-c2ncccc2Br)nc(C(F)(F)F)c1Oc1ccc(Cl)c(C(F)(F)F)c1. The first kappa shape index (κ1) is 22.1. The molecule has 3 rings (SSSR count). The number of nitrogens with zero attached hydrogens (tertiary/aromatic N) is 2. The Kier molecular flexibility index (Phi) is 5.83. The summed E-state index contributed by atoms with van der Waals surface area (Å²) in [6.45, 7) is 0. The van der Waals surface area contributed by atoms with E-state index in [-0.39, 0.29) is 10.2 Å². The third kappa shape index (κ3) is 4.59. The quantitative estimate of drug-likeness (QED) is 0.431. The molecule has 5 nitrogen and oxygen atoms in total. The first-order valence-electron chi connectivity index (χ1n) is 7.75. The molecule has 13 heteroatoms. The number of aromatic amines is 1. The number of hydrogen-bond donors (Lipinski definition) is 1. The molecule has 0 radical (unpaired) electrons. The molecule has 158 valence electrons. The van der Waals surface area contributed by atoms with Gasteiger partial charge in [-0.1, -0.05) is 11.6 Å². The summed E-state index contributed by atoms with van der Waals surface area (Å²) in [7, 11) is 0. The summed E-state index contributed by atoms with van der Waals surface area (Å²) in [5.74, 6) is -2.52. The van der Waals surface area contributed by atoms with E-state index >= 15 is 0 Å². The van der Waals surface area contributed by atoms with E-state index in [0.717, 1.165) is 12.1 Å². The fraction of sp³-hybridized carbons (Fsp3) is 0.118. The van der Waals surface area contributed by atoms with Crippen LogP contribution in [0.5, 0.6) is 11.5 Å². The molecule has 0 unspecified atom stereocenters. The first-order chi connectivity index (χ1) is 13.9. The minimum atomic E-state index is -5.15. The summed E-state index contributed by atoms with van der Waals surface area (Å²) in [5, 5.41) is -0.687. The van der Waals surface area contributed by atoms with Gasteiger partial charge in [0.1, 0.15) is 11.4 Å². The fourth-order valence-corrected chi connectivity index (χ4v) is 2.99. The van der Waals surface area contributed by atoms with Crippen LogP contribution in [0.3, 0.4) is 0 Å². The van der Waals surface area contributed by atoms with Crippen LogP contribution in [0.2, 0.25) is 5.02 Å². The highest BCUT2D eigenvalue weighted by molar-refractivity contribution is 9.10. The van der Waals surface area contributed by atoms with Crippen molar-refractivity contribution in [2.75, 3.05) is 0 Å². The molecule has 0 amide bonds. The van der Waals surface area contributed by atoms with Crippen molar-refractivity contribution in [3.63, 3.8) is 0 Å². The summed E-state index contributed by atoms with van der Waals surface area (Å²) < 4.78 is 84.7. The number of hydrogen-bond acceptors (Lipinski definition) is 4. The highest BCUT2D eigenvalue weighted by Crippen LogP contribution is 2.39. The van der Waals surface area contributed by atoms with Gasteiger partial charge in [-0.2, -0.15) is 26.3 Å². The molecule has 1 N–H and O–H groups in total.